The minimum atomic E-state index is -0.487. The van der Waals surface area contributed by atoms with Crippen LogP contribution >= 0.6 is 0 Å². The number of hydrogen-bond donors (Lipinski definition) is 0. The summed E-state index contributed by atoms with van der Waals surface area (Å²) in [6.45, 7) is 2.96. The van der Waals surface area contributed by atoms with Gasteiger partial charge in [-0.2, -0.15) is 0 Å². The summed E-state index contributed by atoms with van der Waals surface area (Å²) < 4.78 is 4.53. The maximum absolute atomic E-state index is 11.5. The molecule has 0 amide bonds. The van der Waals surface area contributed by atoms with Crippen molar-refractivity contribution in [1.82, 2.24) is 0 Å². The third kappa shape index (κ3) is 4.09. The Kier molecular flexibility index (Phi) is 5.73. The molecule has 23 heavy (non-hydrogen) atoms. The number of ether oxygens (including phenoxy) is 1. The first kappa shape index (κ1) is 17.0. The summed E-state index contributed by atoms with van der Waals surface area (Å²) in [5.41, 5.74) is 1.35. The van der Waals surface area contributed by atoms with Crippen LogP contribution < -0.4 is 4.90 Å². The van der Waals surface area contributed by atoms with Crippen LogP contribution in [0.25, 0.3) is 6.08 Å². The van der Waals surface area contributed by atoms with E-state index in [-0.39, 0.29) is 10.6 Å². The highest BCUT2D eigenvalue weighted by Crippen LogP contribution is 2.34. The van der Waals surface area contributed by atoms with Crippen molar-refractivity contribution < 1.29 is 14.5 Å². The van der Waals surface area contributed by atoms with Gasteiger partial charge in [-0.3, -0.25) is 10.1 Å². The van der Waals surface area contributed by atoms with Gasteiger partial charge in [0.05, 0.1) is 12.0 Å². The lowest BCUT2D eigenvalue weighted by Crippen LogP contribution is -2.39. The number of nitrogens with zero attached hydrogens (tertiary/aromatic N) is 2. The molecular formula is C17H22N2O4. The number of esters is 1. The van der Waals surface area contributed by atoms with Gasteiger partial charge in [0, 0.05) is 24.7 Å². The Hall–Kier alpha value is -2.37. The number of hydrogen-bond acceptors (Lipinski definition) is 5. The zero-order valence-electron chi connectivity index (χ0n) is 13.5. The van der Waals surface area contributed by atoms with Crippen LogP contribution in [-0.2, 0) is 9.53 Å². The van der Waals surface area contributed by atoms with E-state index in [9.17, 15) is 14.9 Å². The molecule has 0 spiro atoms. The normalized spacial score (nSPS) is 18.2. The Morgan fingerprint density at radius 1 is 1.48 bits per heavy atom. The molecule has 2 rings (SSSR count). The van der Waals surface area contributed by atoms with Gasteiger partial charge in [-0.05, 0) is 43.4 Å². The minimum absolute atomic E-state index is 0.0809. The maximum Gasteiger partial charge on any atom is 0.330 e. The molecule has 1 unspecified atom stereocenters. The zero-order chi connectivity index (χ0) is 16.8. The summed E-state index contributed by atoms with van der Waals surface area (Å²) in [7, 11) is 1.29. The topological polar surface area (TPSA) is 72.7 Å². The first-order valence-electron chi connectivity index (χ1n) is 7.88. The van der Waals surface area contributed by atoms with Gasteiger partial charge in [0.1, 0.15) is 5.69 Å². The average Bonchev–Trinajstić information content (AvgIpc) is 2.59. The molecule has 0 N–H and O–H groups in total. The standard InChI is InChI=1S/C17H22N2O4/c1-3-14-6-4-5-11-18(14)15-9-7-13(8-10-17(20)23-2)12-16(15)19(21)22/h7-10,12,14H,3-6,11H2,1-2H3/b10-8-. The van der Waals surface area contributed by atoms with Crippen molar-refractivity contribution in [3.05, 3.63) is 40.0 Å². The first-order chi connectivity index (χ1) is 11.1. The van der Waals surface area contributed by atoms with Crippen LogP contribution in [0.2, 0.25) is 0 Å². The lowest BCUT2D eigenvalue weighted by atomic mass is 9.98. The first-order valence-corrected chi connectivity index (χ1v) is 7.88. The zero-order valence-corrected chi connectivity index (χ0v) is 13.5. The van der Waals surface area contributed by atoms with Crippen molar-refractivity contribution in [3.63, 3.8) is 0 Å². The highest BCUT2D eigenvalue weighted by molar-refractivity contribution is 5.87. The number of nitro benzene ring substituents is 1. The molecule has 0 radical (unpaired) electrons. The molecular weight excluding hydrogens is 296 g/mol. The van der Waals surface area contributed by atoms with Crippen LogP contribution in [0, 0.1) is 10.1 Å². The number of nitro groups is 1. The molecule has 0 aliphatic carbocycles. The third-order valence-electron chi connectivity index (χ3n) is 4.22. The van der Waals surface area contributed by atoms with Crippen molar-refractivity contribution in [2.45, 2.75) is 38.6 Å². The molecule has 6 heteroatoms. The van der Waals surface area contributed by atoms with Crippen LogP contribution in [0.3, 0.4) is 0 Å². The second kappa shape index (κ2) is 7.76. The highest BCUT2D eigenvalue weighted by atomic mass is 16.6. The molecule has 124 valence electrons. The second-order valence-electron chi connectivity index (χ2n) is 5.61. The molecule has 1 atom stereocenters. The predicted molar refractivity (Wildman–Crippen MR) is 89.4 cm³/mol. The number of carbonyl (C=O) groups is 1. The van der Waals surface area contributed by atoms with E-state index in [0.29, 0.717) is 17.3 Å². The average molecular weight is 318 g/mol. The van der Waals surface area contributed by atoms with E-state index in [1.165, 1.54) is 31.7 Å². The van der Waals surface area contributed by atoms with Crippen LogP contribution in [0.1, 0.15) is 38.2 Å². The number of benzene rings is 1. The summed E-state index contributed by atoms with van der Waals surface area (Å²) in [6, 6.07) is 5.43. The minimum Gasteiger partial charge on any atom is -0.466 e. The molecule has 6 nitrogen and oxygen atoms in total. The Labute approximate surface area is 135 Å². The Balaban J connectivity index is 2.34. The largest absolute Gasteiger partial charge is 0.466 e. The molecule has 0 saturated carbocycles. The SMILES string of the molecule is CCC1CCCCN1c1ccc(/C=C\C(=O)OC)cc1[N+](=O)[O-]. The molecule has 1 aromatic carbocycles. The van der Waals surface area contributed by atoms with E-state index in [2.05, 4.69) is 16.6 Å². The Morgan fingerprint density at radius 3 is 2.91 bits per heavy atom. The maximum atomic E-state index is 11.5. The quantitative estimate of drug-likeness (QED) is 0.359. The van der Waals surface area contributed by atoms with E-state index in [4.69, 9.17) is 0 Å². The monoisotopic (exact) mass is 318 g/mol. The van der Waals surface area contributed by atoms with Crippen LogP contribution in [-0.4, -0.2) is 30.6 Å². The van der Waals surface area contributed by atoms with Crippen molar-refractivity contribution >= 4 is 23.4 Å². The van der Waals surface area contributed by atoms with Gasteiger partial charge >= 0.3 is 5.97 Å². The lowest BCUT2D eigenvalue weighted by Gasteiger charge is -2.36. The molecule has 0 aromatic heterocycles. The summed E-state index contributed by atoms with van der Waals surface area (Å²) >= 11 is 0. The van der Waals surface area contributed by atoms with Gasteiger partial charge in [-0.15, -0.1) is 0 Å². The fraction of sp³-hybridized carbons (Fsp3) is 0.471. The Morgan fingerprint density at radius 2 is 2.26 bits per heavy atom. The summed E-state index contributed by atoms with van der Waals surface area (Å²) in [6.07, 6.45) is 7.05. The van der Waals surface area contributed by atoms with E-state index < -0.39 is 5.97 Å². The molecule has 1 fully saturated rings. The van der Waals surface area contributed by atoms with Crippen molar-refractivity contribution in [2.24, 2.45) is 0 Å². The fourth-order valence-electron chi connectivity index (χ4n) is 3.01. The Bertz CT molecular complexity index is 613. The van der Waals surface area contributed by atoms with Gasteiger partial charge in [0.25, 0.3) is 5.69 Å². The van der Waals surface area contributed by atoms with E-state index in [1.54, 1.807) is 12.1 Å². The van der Waals surface area contributed by atoms with Gasteiger partial charge in [-0.25, -0.2) is 4.79 Å². The summed E-state index contributed by atoms with van der Waals surface area (Å²) in [5.74, 6) is -0.487. The van der Waals surface area contributed by atoms with Gasteiger partial charge in [-0.1, -0.05) is 13.0 Å². The van der Waals surface area contributed by atoms with Crippen LogP contribution in [0.15, 0.2) is 24.3 Å². The number of carbonyl (C=O) groups excluding carboxylic acids is 1. The van der Waals surface area contributed by atoms with E-state index in [0.717, 1.165) is 25.8 Å². The second-order valence-corrected chi connectivity index (χ2v) is 5.61. The number of rotatable bonds is 5. The highest BCUT2D eigenvalue weighted by Gasteiger charge is 2.27. The molecule has 1 saturated heterocycles. The number of piperidine rings is 1. The van der Waals surface area contributed by atoms with Gasteiger partial charge in [0.2, 0.25) is 0 Å². The smallest absolute Gasteiger partial charge is 0.330 e. The van der Waals surface area contributed by atoms with Crippen molar-refractivity contribution in [1.29, 1.82) is 0 Å². The predicted octanol–water partition coefficient (Wildman–Crippen LogP) is 3.55. The fourth-order valence-corrected chi connectivity index (χ4v) is 3.01. The summed E-state index contributed by atoms with van der Waals surface area (Å²) in [4.78, 5) is 24.4. The van der Waals surface area contributed by atoms with E-state index >= 15 is 0 Å². The third-order valence-corrected chi connectivity index (χ3v) is 4.22. The molecule has 1 aliphatic heterocycles. The lowest BCUT2D eigenvalue weighted by molar-refractivity contribution is -0.384. The molecule has 1 aliphatic rings. The van der Waals surface area contributed by atoms with Crippen molar-refractivity contribution in [3.8, 4) is 0 Å². The van der Waals surface area contributed by atoms with Crippen molar-refractivity contribution in [2.75, 3.05) is 18.6 Å². The van der Waals surface area contributed by atoms with E-state index in [1.807, 2.05) is 0 Å². The molecule has 1 aromatic rings. The van der Waals surface area contributed by atoms with Gasteiger partial charge < -0.3 is 9.64 Å². The van der Waals surface area contributed by atoms with Gasteiger partial charge in [0.15, 0.2) is 0 Å². The molecule has 1 heterocycles. The molecule has 0 bridgehead atoms. The van der Waals surface area contributed by atoms with Crippen LogP contribution in [0.4, 0.5) is 11.4 Å². The number of methoxy groups -OCH3 is 1. The summed E-state index contributed by atoms with van der Waals surface area (Å²) in [5, 5.41) is 11.5. The van der Waals surface area contributed by atoms with Crippen LogP contribution in [0.5, 0.6) is 0 Å². The number of anilines is 1.